The van der Waals surface area contributed by atoms with Crippen LogP contribution in [-0.2, 0) is 9.53 Å². The zero-order valence-corrected chi connectivity index (χ0v) is 21.7. The molecule has 11 heteroatoms. The van der Waals surface area contributed by atoms with E-state index in [2.05, 4.69) is 29.7 Å². The number of rotatable bonds is 7. The molecular formula is C26H34N8O3. The zero-order valence-electron chi connectivity index (χ0n) is 21.7. The number of piperazine rings is 1. The van der Waals surface area contributed by atoms with Gasteiger partial charge in [0, 0.05) is 57.9 Å². The molecule has 11 nitrogen and oxygen atoms in total. The molecule has 4 heterocycles. The van der Waals surface area contributed by atoms with Gasteiger partial charge in [0.25, 0.3) is 5.91 Å². The van der Waals surface area contributed by atoms with Crippen LogP contribution in [0.4, 0.5) is 17.5 Å². The van der Waals surface area contributed by atoms with E-state index < -0.39 is 0 Å². The Balaban J connectivity index is 1.31. The lowest BCUT2D eigenvalue weighted by atomic mass is 10.2. The molecular weight excluding hydrogens is 472 g/mol. The first-order chi connectivity index (χ1) is 17.9. The summed E-state index contributed by atoms with van der Waals surface area (Å²) in [6, 6.07) is 6.11. The summed E-state index contributed by atoms with van der Waals surface area (Å²) >= 11 is 0. The van der Waals surface area contributed by atoms with Gasteiger partial charge in [-0.25, -0.2) is 9.97 Å². The number of nitrogens with one attached hydrogen (secondary N) is 1. The normalized spacial score (nSPS) is 16.8. The molecule has 0 atom stereocenters. The van der Waals surface area contributed by atoms with Gasteiger partial charge in [-0.2, -0.15) is 4.98 Å². The highest BCUT2D eigenvalue weighted by Gasteiger charge is 2.26. The van der Waals surface area contributed by atoms with Gasteiger partial charge in [-0.3, -0.25) is 14.5 Å². The van der Waals surface area contributed by atoms with Gasteiger partial charge < -0.3 is 24.4 Å². The molecule has 0 spiro atoms. The van der Waals surface area contributed by atoms with E-state index in [1.54, 1.807) is 25.2 Å². The predicted molar refractivity (Wildman–Crippen MR) is 141 cm³/mol. The molecule has 3 aromatic rings. The van der Waals surface area contributed by atoms with Crippen molar-refractivity contribution in [3.63, 3.8) is 0 Å². The Labute approximate surface area is 216 Å². The number of fused-ring (bicyclic) bond motifs is 1. The number of aromatic nitrogens is 4. The average molecular weight is 507 g/mol. The van der Waals surface area contributed by atoms with Gasteiger partial charge in [-0.15, -0.1) is 0 Å². The Hall–Kier alpha value is -3.73. The summed E-state index contributed by atoms with van der Waals surface area (Å²) in [5, 5.41) is 4.08. The number of esters is 1. The van der Waals surface area contributed by atoms with Crippen LogP contribution < -0.4 is 10.2 Å². The predicted octanol–water partition coefficient (Wildman–Crippen LogP) is 2.68. The van der Waals surface area contributed by atoms with E-state index in [4.69, 9.17) is 9.72 Å². The van der Waals surface area contributed by atoms with Crippen molar-refractivity contribution in [1.29, 1.82) is 0 Å². The standard InChI is InChI=1S/C26H34N8O3/c1-31(2)25(36)21-14-18-15-28-26(30-24(18)34(21)19-6-4-5-7-19)29-22-9-8-20(16-27-22)33-12-10-32(11-13-33)17-23(35)37-3/h8-9,14-16,19H,4-7,10-13,17H2,1-3H3,(H,27,28,29,30). The molecule has 1 saturated carbocycles. The highest BCUT2D eigenvalue weighted by Crippen LogP contribution is 2.35. The molecule has 0 bridgehead atoms. The van der Waals surface area contributed by atoms with Crippen molar-refractivity contribution in [1.82, 2.24) is 29.3 Å². The molecule has 0 radical (unpaired) electrons. The first kappa shape index (κ1) is 24.9. The van der Waals surface area contributed by atoms with Crippen LogP contribution in [0.5, 0.6) is 0 Å². The summed E-state index contributed by atoms with van der Waals surface area (Å²) in [6.07, 6.45) is 8.02. The van der Waals surface area contributed by atoms with Gasteiger partial charge in [0.1, 0.15) is 17.2 Å². The van der Waals surface area contributed by atoms with Crippen LogP contribution in [0.2, 0.25) is 0 Å². The van der Waals surface area contributed by atoms with Crippen LogP contribution in [0.3, 0.4) is 0 Å². The van der Waals surface area contributed by atoms with Crippen LogP contribution >= 0.6 is 0 Å². The van der Waals surface area contributed by atoms with Crippen molar-refractivity contribution in [2.24, 2.45) is 0 Å². The molecule has 1 N–H and O–H groups in total. The number of hydrogen-bond donors (Lipinski definition) is 1. The van der Waals surface area contributed by atoms with Gasteiger partial charge in [0.15, 0.2) is 0 Å². The number of carbonyl (C=O) groups is 2. The monoisotopic (exact) mass is 506 g/mol. The van der Waals surface area contributed by atoms with Crippen molar-refractivity contribution in [3.8, 4) is 0 Å². The Morgan fingerprint density at radius 2 is 1.84 bits per heavy atom. The molecule has 1 aliphatic heterocycles. The molecule has 3 aromatic heterocycles. The molecule has 1 saturated heterocycles. The fourth-order valence-corrected chi connectivity index (χ4v) is 5.17. The number of carbonyl (C=O) groups excluding carboxylic acids is 2. The molecule has 0 aromatic carbocycles. The Kier molecular flexibility index (Phi) is 7.22. The van der Waals surface area contributed by atoms with E-state index in [1.807, 2.05) is 24.4 Å². The molecule has 5 rings (SSSR count). The number of nitrogens with zero attached hydrogens (tertiary/aromatic N) is 7. The lowest BCUT2D eigenvalue weighted by Crippen LogP contribution is -2.48. The number of hydrogen-bond acceptors (Lipinski definition) is 9. The first-order valence-electron chi connectivity index (χ1n) is 12.8. The SMILES string of the molecule is COC(=O)CN1CCN(c2ccc(Nc3ncc4cc(C(=O)N(C)C)n(C5CCCC5)c4n3)nc2)CC1. The number of anilines is 3. The molecule has 0 unspecified atom stereocenters. The smallest absolute Gasteiger partial charge is 0.319 e. The van der Waals surface area contributed by atoms with Crippen LogP contribution in [0.1, 0.15) is 42.2 Å². The van der Waals surface area contributed by atoms with Crippen molar-refractivity contribution in [2.45, 2.75) is 31.7 Å². The Morgan fingerprint density at radius 1 is 1.08 bits per heavy atom. The third-order valence-electron chi connectivity index (χ3n) is 7.20. The minimum absolute atomic E-state index is 0.0252. The van der Waals surface area contributed by atoms with Gasteiger partial charge >= 0.3 is 5.97 Å². The number of ether oxygens (including phenoxy) is 1. The maximum atomic E-state index is 12.9. The summed E-state index contributed by atoms with van der Waals surface area (Å²) in [5.41, 5.74) is 2.46. The number of methoxy groups -OCH3 is 1. The van der Waals surface area contributed by atoms with Crippen LogP contribution in [0.15, 0.2) is 30.6 Å². The van der Waals surface area contributed by atoms with Gasteiger partial charge in [-0.05, 0) is 31.0 Å². The summed E-state index contributed by atoms with van der Waals surface area (Å²) < 4.78 is 6.87. The van der Waals surface area contributed by atoms with E-state index in [0.29, 0.717) is 24.0 Å². The van der Waals surface area contributed by atoms with Crippen molar-refractivity contribution >= 4 is 40.4 Å². The van der Waals surface area contributed by atoms with Crippen molar-refractivity contribution in [3.05, 3.63) is 36.3 Å². The fourth-order valence-electron chi connectivity index (χ4n) is 5.17. The Morgan fingerprint density at radius 3 is 2.49 bits per heavy atom. The molecule has 1 amide bonds. The second-order valence-corrected chi connectivity index (χ2v) is 9.88. The lowest BCUT2D eigenvalue weighted by Gasteiger charge is -2.35. The first-order valence-corrected chi connectivity index (χ1v) is 12.8. The molecule has 1 aliphatic carbocycles. The summed E-state index contributed by atoms with van der Waals surface area (Å²) in [7, 11) is 4.96. The van der Waals surface area contributed by atoms with E-state index >= 15 is 0 Å². The van der Waals surface area contributed by atoms with Crippen molar-refractivity contribution < 1.29 is 14.3 Å². The quantitative estimate of drug-likeness (QED) is 0.484. The van der Waals surface area contributed by atoms with E-state index in [1.165, 1.54) is 7.11 Å². The largest absolute Gasteiger partial charge is 0.468 e. The fraction of sp³-hybridized carbons (Fsp3) is 0.500. The highest BCUT2D eigenvalue weighted by atomic mass is 16.5. The topological polar surface area (TPSA) is 109 Å². The van der Waals surface area contributed by atoms with Crippen molar-refractivity contribution in [2.75, 3.05) is 64.1 Å². The van der Waals surface area contributed by atoms with Crippen LogP contribution in [0.25, 0.3) is 11.0 Å². The lowest BCUT2D eigenvalue weighted by molar-refractivity contribution is -0.142. The maximum absolute atomic E-state index is 12.9. The summed E-state index contributed by atoms with van der Waals surface area (Å²) in [4.78, 5) is 44.3. The second kappa shape index (κ2) is 10.7. The van der Waals surface area contributed by atoms with E-state index in [9.17, 15) is 9.59 Å². The van der Waals surface area contributed by atoms with Crippen LogP contribution in [0, 0.1) is 0 Å². The maximum Gasteiger partial charge on any atom is 0.319 e. The van der Waals surface area contributed by atoms with Gasteiger partial charge in [0.2, 0.25) is 5.95 Å². The highest BCUT2D eigenvalue weighted by molar-refractivity contribution is 5.97. The second-order valence-electron chi connectivity index (χ2n) is 9.88. The molecule has 37 heavy (non-hydrogen) atoms. The van der Waals surface area contributed by atoms with Gasteiger partial charge in [0.05, 0.1) is 25.5 Å². The van der Waals surface area contributed by atoms with E-state index in [0.717, 1.165) is 68.6 Å². The number of pyridine rings is 1. The number of amides is 1. The van der Waals surface area contributed by atoms with Gasteiger partial charge in [-0.1, -0.05) is 12.8 Å². The summed E-state index contributed by atoms with van der Waals surface area (Å²) in [5.74, 6) is 0.867. The average Bonchev–Trinajstić information content (AvgIpc) is 3.56. The van der Waals surface area contributed by atoms with E-state index in [-0.39, 0.29) is 17.9 Å². The molecule has 196 valence electrons. The minimum Gasteiger partial charge on any atom is -0.468 e. The van der Waals surface area contributed by atoms with Crippen LogP contribution in [-0.4, -0.2) is 95.1 Å². The third kappa shape index (κ3) is 5.36. The minimum atomic E-state index is -0.206. The molecule has 2 fully saturated rings. The summed E-state index contributed by atoms with van der Waals surface area (Å²) in [6.45, 7) is 3.54. The zero-order chi connectivity index (χ0) is 25.9. The third-order valence-corrected chi connectivity index (χ3v) is 7.20. The molecule has 2 aliphatic rings. The Bertz CT molecular complexity index is 1260.